The molecule has 1 amide bonds. The minimum absolute atomic E-state index is 0.154. The summed E-state index contributed by atoms with van der Waals surface area (Å²) in [5.41, 5.74) is 3.36. The van der Waals surface area contributed by atoms with Gasteiger partial charge in [-0.1, -0.05) is 66.4 Å². The zero-order valence-electron chi connectivity index (χ0n) is 14.9. The maximum absolute atomic E-state index is 12.2. The highest BCUT2D eigenvalue weighted by Crippen LogP contribution is 2.21. The van der Waals surface area contributed by atoms with Crippen molar-refractivity contribution in [1.29, 1.82) is 0 Å². The first-order valence-electron chi connectivity index (χ1n) is 8.76. The van der Waals surface area contributed by atoms with Gasteiger partial charge in [-0.25, -0.2) is 4.98 Å². The molecule has 0 radical (unpaired) electrons. The number of amides is 1. The third-order valence-electron chi connectivity index (χ3n) is 4.21. The van der Waals surface area contributed by atoms with Crippen LogP contribution in [0.2, 0.25) is 0 Å². The molecule has 0 atom stereocenters. The molecule has 0 spiro atoms. The van der Waals surface area contributed by atoms with E-state index in [1.807, 2.05) is 60.7 Å². The first-order chi connectivity index (χ1) is 13.7. The van der Waals surface area contributed by atoms with Gasteiger partial charge in [0.2, 0.25) is 5.91 Å². The van der Waals surface area contributed by atoms with Crippen LogP contribution in [0, 0.1) is 0 Å². The highest BCUT2D eigenvalue weighted by Gasteiger charge is 2.08. The quantitative estimate of drug-likeness (QED) is 0.395. The van der Waals surface area contributed by atoms with E-state index in [2.05, 4.69) is 15.3 Å². The number of aromatic amines is 1. The monoisotopic (exact) mass is 387 g/mol. The molecule has 6 heteroatoms. The molecule has 4 aromatic rings. The smallest absolute Gasteiger partial charge is 0.259 e. The summed E-state index contributed by atoms with van der Waals surface area (Å²) in [6.07, 6.45) is 0. The molecule has 28 heavy (non-hydrogen) atoms. The summed E-state index contributed by atoms with van der Waals surface area (Å²) >= 11 is 1.20. The highest BCUT2D eigenvalue weighted by molar-refractivity contribution is 7.99. The molecule has 0 aliphatic heterocycles. The van der Waals surface area contributed by atoms with E-state index in [9.17, 15) is 9.59 Å². The van der Waals surface area contributed by atoms with Gasteiger partial charge in [0.05, 0.1) is 16.7 Å². The molecule has 0 fully saturated rings. The van der Waals surface area contributed by atoms with Crippen LogP contribution in [-0.2, 0) is 4.79 Å². The normalized spacial score (nSPS) is 10.7. The molecule has 1 heterocycles. The number of nitrogens with zero attached hydrogens (tertiary/aromatic N) is 1. The Hall–Kier alpha value is -3.38. The average Bonchev–Trinajstić information content (AvgIpc) is 2.73. The fraction of sp³-hybridized carbons (Fsp3) is 0.0455. The number of nitrogens with one attached hydrogen (secondary N) is 2. The Kier molecular flexibility index (Phi) is 5.21. The molecule has 138 valence electrons. The van der Waals surface area contributed by atoms with E-state index in [1.165, 1.54) is 11.8 Å². The summed E-state index contributed by atoms with van der Waals surface area (Å²) in [5.74, 6) is -0.00453. The van der Waals surface area contributed by atoms with Crippen molar-refractivity contribution in [2.45, 2.75) is 5.16 Å². The molecule has 4 rings (SSSR count). The number of para-hydroxylation sites is 1. The predicted molar refractivity (Wildman–Crippen MR) is 114 cm³/mol. The van der Waals surface area contributed by atoms with E-state index in [0.29, 0.717) is 16.1 Å². The van der Waals surface area contributed by atoms with Crippen molar-refractivity contribution in [2.75, 3.05) is 11.1 Å². The minimum atomic E-state index is -0.204. The van der Waals surface area contributed by atoms with Crippen molar-refractivity contribution >= 4 is 34.3 Å². The van der Waals surface area contributed by atoms with E-state index in [1.54, 1.807) is 18.2 Å². The summed E-state index contributed by atoms with van der Waals surface area (Å²) in [5, 5.41) is 3.83. The first kappa shape index (κ1) is 18.0. The zero-order chi connectivity index (χ0) is 19.3. The number of anilines is 1. The van der Waals surface area contributed by atoms with Crippen LogP contribution in [0.3, 0.4) is 0 Å². The summed E-state index contributed by atoms with van der Waals surface area (Å²) in [4.78, 5) is 31.4. The number of carbonyl (C=O) groups is 1. The van der Waals surface area contributed by atoms with Gasteiger partial charge < -0.3 is 10.3 Å². The van der Waals surface area contributed by atoms with Crippen LogP contribution >= 0.6 is 11.8 Å². The van der Waals surface area contributed by atoms with E-state index in [0.717, 1.165) is 16.8 Å². The average molecular weight is 387 g/mol. The Bertz CT molecular complexity index is 1170. The van der Waals surface area contributed by atoms with Crippen LogP contribution in [-0.4, -0.2) is 21.6 Å². The van der Waals surface area contributed by atoms with E-state index in [-0.39, 0.29) is 17.2 Å². The van der Waals surface area contributed by atoms with Crippen molar-refractivity contribution in [2.24, 2.45) is 0 Å². The van der Waals surface area contributed by atoms with Gasteiger partial charge in [-0.15, -0.1) is 0 Å². The Morgan fingerprint density at radius 1 is 0.893 bits per heavy atom. The van der Waals surface area contributed by atoms with Gasteiger partial charge in [0.15, 0.2) is 5.16 Å². The third-order valence-corrected chi connectivity index (χ3v) is 5.08. The number of carbonyl (C=O) groups excluding carboxylic acids is 1. The Balaban J connectivity index is 1.39. The molecule has 0 bridgehead atoms. The lowest BCUT2D eigenvalue weighted by Gasteiger charge is -2.07. The summed E-state index contributed by atoms with van der Waals surface area (Å²) < 4.78 is 0. The van der Waals surface area contributed by atoms with Crippen LogP contribution in [0.25, 0.3) is 22.0 Å². The van der Waals surface area contributed by atoms with Gasteiger partial charge >= 0.3 is 0 Å². The minimum Gasteiger partial charge on any atom is -0.325 e. The van der Waals surface area contributed by atoms with Crippen LogP contribution in [0.5, 0.6) is 0 Å². The molecule has 0 aliphatic carbocycles. The predicted octanol–water partition coefficient (Wildman–Crippen LogP) is 4.32. The molecule has 5 nitrogen and oxygen atoms in total. The van der Waals surface area contributed by atoms with Gasteiger partial charge in [-0.05, 0) is 35.4 Å². The van der Waals surface area contributed by atoms with Gasteiger partial charge in [0, 0.05) is 5.69 Å². The summed E-state index contributed by atoms with van der Waals surface area (Å²) in [7, 11) is 0. The lowest BCUT2D eigenvalue weighted by Crippen LogP contribution is -2.15. The van der Waals surface area contributed by atoms with E-state index < -0.39 is 0 Å². The molecule has 0 saturated carbocycles. The molecule has 2 N–H and O–H groups in total. The topological polar surface area (TPSA) is 74.8 Å². The van der Waals surface area contributed by atoms with Gasteiger partial charge in [0.25, 0.3) is 5.56 Å². The van der Waals surface area contributed by atoms with E-state index >= 15 is 0 Å². The third kappa shape index (κ3) is 4.13. The van der Waals surface area contributed by atoms with Crippen molar-refractivity contribution in [3.8, 4) is 11.1 Å². The summed E-state index contributed by atoms with van der Waals surface area (Å²) in [6, 6.07) is 24.9. The second-order valence-corrected chi connectivity index (χ2v) is 7.13. The lowest BCUT2D eigenvalue weighted by molar-refractivity contribution is -0.113. The molecule has 0 saturated heterocycles. The number of thioether (sulfide) groups is 1. The van der Waals surface area contributed by atoms with Crippen LogP contribution in [0.1, 0.15) is 0 Å². The Morgan fingerprint density at radius 2 is 1.57 bits per heavy atom. The van der Waals surface area contributed by atoms with Crippen LogP contribution in [0.15, 0.2) is 88.8 Å². The number of H-pyrrole nitrogens is 1. The SMILES string of the molecule is O=C(CSc1nc2ccccc2c(=O)[nH]1)Nc1ccc(-c2ccccc2)cc1. The fourth-order valence-electron chi connectivity index (χ4n) is 2.84. The lowest BCUT2D eigenvalue weighted by atomic mass is 10.1. The number of hydrogen-bond acceptors (Lipinski definition) is 4. The number of aromatic nitrogens is 2. The van der Waals surface area contributed by atoms with Gasteiger partial charge in [-0.2, -0.15) is 0 Å². The number of fused-ring (bicyclic) bond motifs is 1. The second kappa shape index (κ2) is 8.10. The van der Waals surface area contributed by atoms with Crippen molar-refractivity contribution in [3.63, 3.8) is 0 Å². The molecular weight excluding hydrogens is 370 g/mol. The van der Waals surface area contributed by atoms with Gasteiger partial charge in [0.1, 0.15) is 0 Å². The fourth-order valence-corrected chi connectivity index (χ4v) is 3.51. The van der Waals surface area contributed by atoms with E-state index in [4.69, 9.17) is 0 Å². The summed E-state index contributed by atoms with van der Waals surface area (Å²) in [6.45, 7) is 0. The maximum Gasteiger partial charge on any atom is 0.259 e. The largest absolute Gasteiger partial charge is 0.325 e. The highest BCUT2D eigenvalue weighted by atomic mass is 32.2. The van der Waals surface area contributed by atoms with Crippen LogP contribution < -0.4 is 10.9 Å². The van der Waals surface area contributed by atoms with Gasteiger partial charge in [-0.3, -0.25) is 9.59 Å². The Labute approximate surface area is 165 Å². The number of rotatable bonds is 5. The molecule has 0 aliphatic rings. The second-order valence-electron chi connectivity index (χ2n) is 6.17. The zero-order valence-corrected chi connectivity index (χ0v) is 15.7. The number of benzene rings is 3. The number of hydrogen-bond donors (Lipinski definition) is 2. The molecule has 3 aromatic carbocycles. The van der Waals surface area contributed by atoms with Crippen LogP contribution in [0.4, 0.5) is 5.69 Å². The molecule has 0 unspecified atom stereocenters. The standard InChI is InChI=1S/C22H17N3O2S/c26-20(14-28-22-24-19-9-5-4-8-18(19)21(27)25-22)23-17-12-10-16(11-13-17)15-6-2-1-3-7-15/h1-13H,14H2,(H,23,26)(H,24,25,27). The maximum atomic E-state index is 12.2. The van der Waals surface area contributed by atoms with Crippen molar-refractivity contribution in [1.82, 2.24) is 9.97 Å². The van der Waals surface area contributed by atoms with Crippen molar-refractivity contribution < 1.29 is 4.79 Å². The molecule has 1 aromatic heterocycles. The van der Waals surface area contributed by atoms with Crippen molar-refractivity contribution in [3.05, 3.63) is 89.2 Å². The first-order valence-corrected chi connectivity index (χ1v) is 9.75. The Morgan fingerprint density at radius 3 is 2.36 bits per heavy atom. The molecular formula is C22H17N3O2S.